The van der Waals surface area contributed by atoms with Gasteiger partial charge >= 0.3 is 5.63 Å². The molecule has 23 heavy (non-hydrogen) atoms. The van der Waals surface area contributed by atoms with E-state index in [1.54, 1.807) is 24.3 Å². The SMILES string of the molecule is O=C(C=Cc1ccc(Br)cc1)c1cc2cc(Cl)ccc2oc1=O. The van der Waals surface area contributed by atoms with E-state index in [1.165, 1.54) is 12.1 Å². The summed E-state index contributed by atoms with van der Waals surface area (Å²) in [6.07, 6.45) is 3.00. The molecule has 0 amide bonds. The Morgan fingerprint density at radius 2 is 1.83 bits per heavy atom. The Labute approximate surface area is 145 Å². The van der Waals surface area contributed by atoms with E-state index in [0.717, 1.165) is 10.0 Å². The Bertz CT molecular complexity index is 972. The number of halogens is 2. The molecule has 3 nitrogen and oxygen atoms in total. The van der Waals surface area contributed by atoms with Crippen LogP contribution >= 0.6 is 27.5 Å². The topological polar surface area (TPSA) is 47.3 Å². The number of ketones is 1. The summed E-state index contributed by atoms with van der Waals surface area (Å²) in [7, 11) is 0. The summed E-state index contributed by atoms with van der Waals surface area (Å²) in [6.45, 7) is 0. The van der Waals surface area contributed by atoms with Gasteiger partial charge in [0.15, 0.2) is 5.78 Å². The highest BCUT2D eigenvalue weighted by Crippen LogP contribution is 2.19. The Balaban J connectivity index is 1.95. The second-order valence-electron chi connectivity index (χ2n) is 4.88. The molecular formula is C18H10BrClO3. The summed E-state index contributed by atoms with van der Waals surface area (Å²) in [5.74, 6) is -0.413. The molecule has 0 N–H and O–H groups in total. The minimum absolute atomic E-state index is 0.0203. The zero-order valence-corrected chi connectivity index (χ0v) is 14.1. The van der Waals surface area contributed by atoms with Crippen LogP contribution in [0.15, 0.2) is 68.3 Å². The van der Waals surface area contributed by atoms with Crippen molar-refractivity contribution in [3.8, 4) is 0 Å². The predicted octanol–water partition coefficient (Wildman–Crippen LogP) is 5.11. The maximum atomic E-state index is 12.2. The molecule has 3 rings (SSSR count). The largest absolute Gasteiger partial charge is 0.422 e. The molecule has 1 heterocycles. The van der Waals surface area contributed by atoms with Crippen LogP contribution in [0.2, 0.25) is 5.02 Å². The van der Waals surface area contributed by atoms with Gasteiger partial charge in [0.2, 0.25) is 0 Å². The molecule has 114 valence electrons. The molecule has 3 aromatic rings. The molecule has 0 unspecified atom stereocenters. The van der Waals surface area contributed by atoms with Crippen molar-refractivity contribution in [2.75, 3.05) is 0 Å². The smallest absolute Gasteiger partial charge is 0.347 e. The Morgan fingerprint density at radius 1 is 1.09 bits per heavy atom. The van der Waals surface area contributed by atoms with Crippen molar-refractivity contribution in [2.24, 2.45) is 0 Å². The summed E-state index contributed by atoms with van der Waals surface area (Å²) in [4.78, 5) is 24.2. The zero-order chi connectivity index (χ0) is 16.4. The Kier molecular flexibility index (Phi) is 4.46. The molecule has 0 saturated carbocycles. The fourth-order valence-electron chi connectivity index (χ4n) is 2.10. The van der Waals surface area contributed by atoms with E-state index < -0.39 is 11.4 Å². The Morgan fingerprint density at radius 3 is 2.57 bits per heavy atom. The van der Waals surface area contributed by atoms with E-state index in [-0.39, 0.29) is 5.56 Å². The van der Waals surface area contributed by atoms with Crippen molar-refractivity contribution in [3.05, 3.63) is 85.6 Å². The normalized spacial score (nSPS) is 11.2. The molecule has 5 heteroatoms. The number of fused-ring (bicyclic) bond motifs is 1. The van der Waals surface area contributed by atoms with Gasteiger partial charge in [-0.05, 0) is 48.0 Å². The van der Waals surface area contributed by atoms with Crippen LogP contribution in [0.25, 0.3) is 17.0 Å². The standard InChI is InChI=1S/C18H10BrClO3/c19-13-4-1-11(2-5-13)3-7-16(21)15-10-12-9-14(20)6-8-17(12)23-18(15)22/h1-10H. The quantitative estimate of drug-likeness (QED) is 0.355. The van der Waals surface area contributed by atoms with Crippen LogP contribution in [0.1, 0.15) is 15.9 Å². The third-order valence-corrected chi connectivity index (χ3v) is 4.02. The first kappa shape index (κ1) is 15.7. The van der Waals surface area contributed by atoms with Gasteiger partial charge in [-0.15, -0.1) is 0 Å². The van der Waals surface area contributed by atoms with E-state index in [4.69, 9.17) is 16.0 Å². The first-order valence-electron chi connectivity index (χ1n) is 6.74. The van der Waals surface area contributed by atoms with Gasteiger partial charge in [-0.1, -0.05) is 45.7 Å². The maximum Gasteiger partial charge on any atom is 0.347 e. The number of allylic oxidation sites excluding steroid dienone is 1. The number of carbonyl (C=O) groups is 1. The lowest BCUT2D eigenvalue weighted by molar-refractivity contribution is 0.104. The predicted molar refractivity (Wildman–Crippen MR) is 95.0 cm³/mol. The van der Waals surface area contributed by atoms with Gasteiger partial charge in [0.05, 0.1) is 0 Å². The molecular weight excluding hydrogens is 380 g/mol. The van der Waals surface area contributed by atoms with E-state index in [9.17, 15) is 9.59 Å². The average Bonchev–Trinajstić information content (AvgIpc) is 2.54. The lowest BCUT2D eigenvalue weighted by atomic mass is 10.1. The number of carbonyl (C=O) groups excluding carboxylic acids is 1. The van der Waals surface area contributed by atoms with Gasteiger partial charge in [-0.3, -0.25) is 4.79 Å². The molecule has 0 spiro atoms. The number of benzene rings is 2. The summed E-state index contributed by atoms with van der Waals surface area (Å²) in [6, 6.07) is 13.8. The second kappa shape index (κ2) is 6.52. The molecule has 0 aliphatic carbocycles. The molecule has 0 aliphatic heterocycles. The van der Waals surface area contributed by atoms with Gasteiger partial charge in [0.1, 0.15) is 11.1 Å². The number of rotatable bonds is 3. The van der Waals surface area contributed by atoms with Crippen molar-refractivity contribution in [2.45, 2.75) is 0 Å². The molecule has 0 bridgehead atoms. The third kappa shape index (κ3) is 3.60. The van der Waals surface area contributed by atoms with Crippen molar-refractivity contribution in [1.82, 2.24) is 0 Å². The van der Waals surface area contributed by atoms with Crippen molar-refractivity contribution in [1.29, 1.82) is 0 Å². The van der Waals surface area contributed by atoms with Crippen molar-refractivity contribution >= 4 is 50.4 Å². The molecule has 0 fully saturated rings. The minimum atomic E-state index is -0.662. The molecule has 2 aromatic carbocycles. The van der Waals surface area contributed by atoms with E-state index in [2.05, 4.69) is 15.9 Å². The van der Waals surface area contributed by atoms with Gasteiger partial charge < -0.3 is 4.42 Å². The van der Waals surface area contributed by atoms with Gasteiger partial charge in [0.25, 0.3) is 0 Å². The Hall–Kier alpha value is -2.17. The van der Waals surface area contributed by atoms with Crippen molar-refractivity contribution in [3.63, 3.8) is 0 Å². The van der Waals surface area contributed by atoms with Crippen LogP contribution in [-0.4, -0.2) is 5.78 Å². The van der Waals surface area contributed by atoms with Crippen LogP contribution in [0.4, 0.5) is 0 Å². The van der Waals surface area contributed by atoms with E-state index >= 15 is 0 Å². The molecule has 0 atom stereocenters. The monoisotopic (exact) mass is 388 g/mol. The minimum Gasteiger partial charge on any atom is -0.422 e. The zero-order valence-electron chi connectivity index (χ0n) is 11.8. The average molecular weight is 390 g/mol. The number of hydrogen-bond acceptors (Lipinski definition) is 3. The summed E-state index contributed by atoms with van der Waals surface area (Å²) < 4.78 is 6.11. The second-order valence-corrected chi connectivity index (χ2v) is 6.23. The highest BCUT2D eigenvalue weighted by molar-refractivity contribution is 9.10. The van der Waals surface area contributed by atoms with Crippen LogP contribution in [0.5, 0.6) is 0 Å². The number of hydrogen-bond donors (Lipinski definition) is 0. The maximum absolute atomic E-state index is 12.2. The first-order valence-corrected chi connectivity index (χ1v) is 7.91. The van der Waals surface area contributed by atoms with E-state index in [1.807, 2.05) is 24.3 Å². The lowest BCUT2D eigenvalue weighted by Crippen LogP contribution is -2.11. The van der Waals surface area contributed by atoms with Crippen LogP contribution in [-0.2, 0) is 0 Å². The van der Waals surface area contributed by atoms with Crippen LogP contribution in [0.3, 0.4) is 0 Å². The highest BCUT2D eigenvalue weighted by atomic mass is 79.9. The van der Waals surface area contributed by atoms with Gasteiger partial charge in [-0.2, -0.15) is 0 Å². The molecule has 0 radical (unpaired) electrons. The lowest BCUT2D eigenvalue weighted by Gasteiger charge is -2.00. The fraction of sp³-hybridized carbons (Fsp3) is 0. The van der Waals surface area contributed by atoms with Crippen LogP contribution < -0.4 is 5.63 Å². The van der Waals surface area contributed by atoms with Gasteiger partial charge in [0, 0.05) is 14.9 Å². The first-order chi connectivity index (χ1) is 11.0. The fourth-order valence-corrected chi connectivity index (χ4v) is 2.55. The van der Waals surface area contributed by atoms with Crippen LogP contribution in [0, 0.1) is 0 Å². The van der Waals surface area contributed by atoms with Crippen molar-refractivity contribution < 1.29 is 9.21 Å². The van der Waals surface area contributed by atoms with E-state index in [0.29, 0.717) is 16.0 Å². The third-order valence-electron chi connectivity index (χ3n) is 3.26. The summed E-state index contributed by atoms with van der Waals surface area (Å²) in [5, 5.41) is 1.12. The molecule has 1 aromatic heterocycles. The summed E-state index contributed by atoms with van der Waals surface area (Å²) >= 11 is 9.27. The molecule has 0 saturated heterocycles. The summed E-state index contributed by atoms with van der Waals surface area (Å²) in [5.41, 5.74) is 0.570. The molecule has 0 aliphatic rings. The van der Waals surface area contributed by atoms with Gasteiger partial charge in [-0.25, -0.2) is 4.79 Å². The highest BCUT2D eigenvalue weighted by Gasteiger charge is 2.11.